The van der Waals surface area contributed by atoms with Gasteiger partial charge in [-0.15, -0.1) is 0 Å². The molecule has 0 aliphatic carbocycles. The van der Waals surface area contributed by atoms with E-state index in [4.69, 9.17) is 20.3 Å². The van der Waals surface area contributed by atoms with Crippen molar-refractivity contribution in [2.75, 3.05) is 12.3 Å². The lowest BCUT2D eigenvalue weighted by molar-refractivity contribution is -0.0513. The number of H-pyrrole nitrogens is 1. The number of nitrogens with two attached hydrogens (primary N) is 1. The number of hydrogen-bond acceptors (Lipinski definition) is 9. The average Bonchev–Trinajstić information content (AvgIpc) is 2.95. The van der Waals surface area contributed by atoms with Gasteiger partial charge >= 0.3 is 7.82 Å². The second-order valence-corrected chi connectivity index (χ2v) is 7.16. The lowest BCUT2D eigenvalue weighted by Crippen LogP contribution is -2.33. The quantitative estimate of drug-likeness (QED) is 0.230. The Bertz CT molecular complexity index is 911. The molecule has 15 heteroatoms. The normalized spacial score (nSPS) is 27.2. The molecule has 0 radical (unpaired) electrons. The number of halogens is 1. The maximum Gasteiger partial charge on any atom is 0.469 e. The van der Waals surface area contributed by atoms with Crippen LogP contribution in [0.1, 0.15) is 6.23 Å². The Morgan fingerprint density at radius 3 is 2.68 bits per heavy atom. The number of ether oxygens (including phenoxy) is 1. The van der Waals surface area contributed by atoms with Gasteiger partial charge in [0.15, 0.2) is 22.1 Å². The molecule has 0 saturated carbocycles. The molecule has 1 fully saturated rings. The van der Waals surface area contributed by atoms with Crippen LogP contribution in [0.25, 0.3) is 11.2 Å². The summed E-state index contributed by atoms with van der Waals surface area (Å²) in [6.07, 6.45) is -5.52. The number of aromatic nitrogens is 4. The Hall–Kier alpha value is -1.38. The lowest BCUT2D eigenvalue weighted by atomic mass is 10.1. The molecule has 0 spiro atoms. The third-order valence-electron chi connectivity index (χ3n) is 3.52. The van der Waals surface area contributed by atoms with Crippen molar-refractivity contribution >= 4 is 40.9 Å². The predicted octanol–water partition coefficient (Wildman–Crippen LogP) is -1.81. The fourth-order valence-corrected chi connectivity index (χ4v) is 3.34. The lowest BCUT2D eigenvalue weighted by Gasteiger charge is -2.17. The van der Waals surface area contributed by atoms with Crippen LogP contribution < -0.4 is 11.3 Å². The molecule has 0 aromatic carbocycles. The highest BCUT2D eigenvalue weighted by Gasteiger charge is 2.46. The topological polar surface area (TPSA) is 206 Å². The first-order valence-corrected chi connectivity index (χ1v) is 9.05. The molecule has 13 nitrogen and oxygen atoms in total. The highest BCUT2D eigenvalue weighted by atomic mass is 79.9. The largest absolute Gasteiger partial charge is 0.469 e. The maximum atomic E-state index is 11.9. The third-order valence-corrected chi connectivity index (χ3v) is 4.57. The van der Waals surface area contributed by atoms with Gasteiger partial charge in [0.25, 0.3) is 5.56 Å². The number of nitrogen functional groups attached to an aromatic ring is 1. The molecule has 1 aliphatic heterocycles. The summed E-state index contributed by atoms with van der Waals surface area (Å²) in [5.41, 5.74) is 4.79. The van der Waals surface area contributed by atoms with Crippen molar-refractivity contribution in [3.05, 3.63) is 15.1 Å². The van der Waals surface area contributed by atoms with Crippen LogP contribution in [0.2, 0.25) is 0 Å². The number of imidazole rings is 1. The Morgan fingerprint density at radius 2 is 2.04 bits per heavy atom. The summed E-state index contributed by atoms with van der Waals surface area (Å²) in [7, 11) is -4.78. The van der Waals surface area contributed by atoms with Crippen LogP contribution in [0, 0.1) is 0 Å². The smallest absolute Gasteiger partial charge is 0.387 e. The van der Waals surface area contributed by atoms with Gasteiger partial charge in [-0.25, -0.2) is 9.55 Å². The van der Waals surface area contributed by atoms with E-state index < -0.39 is 44.5 Å². The van der Waals surface area contributed by atoms with Crippen LogP contribution in [-0.2, 0) is 13.8 Å². The summed E-state index contributed by atoms with van der Waals surface area (Å²) >= 11 is 3.11. The van der Waals surface area contributed by atoms with E-state index >= 15 is 0 Å². The monoisotopic (exact) mass is 441 g/mol. The number of aliphatic hydroxyl groups excluding tert-OH is 2. The van der Waals surface area contributed by atoms with Crippen LogP contribution in [-0.4, -0.2) is 64.4 Å². The van der Waals surface area contributed by atoms with E-state index in [9.17, 15) is 19.6 Å². The van der Waals surface area contributed by atoms with Gasteiger partial charge in [-0.1, -0.05) is 0 Å². The fraction of sp³-hybridized carbons (Fsp3) is 0.500. The highest BCUT2D eigenvalue weighted by molar-refractivity contribution is 9.10. The number of nitrogens with one attached hydrogen (secondary N) is 1. The van der Waals surface area contributed by atoms with E-state index in [2.05, 4.69) is 35.4 Å². The Balaban J connectivity index is 1.97. The number of aliphatic hydroxyl groups is 2. The fourth-order valence-electron chi connectivity index (χ4n) is 2.45. The van der Waals surface area contributed by atoms with Crippen LogP contribution in [0.3, 0.4) is 0 Å². The van der Waals surface area contributed by atoms with Gasteiger partial charge in [-0.2, -0.15) is 4.98 Å². The van der Waals surface area contributed by atoms with Crippen molar-refractivity contribution in [3.63, 3.8) is 0 Å². The minimum Gasteiger partial charge on any atom is -0.387 e. The number of phosphoric acid groups is 1. The molecule has 7 N–H and O–H groups in total. The zero-order chi connectivity index (χ0) is 18.5. The van der Waals surface area contributed by atoms with Gasteiger partial charge in [0.2, 0.25) is 5.95 Å². The molecule has 2 aromatic rings. The van der Waals surface area contributed by atoms with Gasteiger partial charge in [-0.3, -0.25) is 18.9 Å². The Morgan fingerprint density at radius 1 is 1.36 bits per heavy atom. The SMILES string of the molecule is Nc1nc2c(nc(Br)n2[C@@H]2O[C@H](COP(=O)(O)O)[C@H](O)[C@@H]2O)c(=O)[nH]1. The molecule has 2 aromatic heterocycles. The van der Waals surface area contributed by atoms with Crippen LogP contribution in [0.4, 0.5) is 5.95 Å². The highest BCUT2D eigenvalue weighted by Crippen LogP contribution is 2.39. The van der Waals surface area contributed by atoms with E-state index in [0.717, 1.165) is 0 Å². The van der Waals surface area contributed by atoms with Gasteiger partial charge in [0, 0.05) is 0 Å². The first kappa shape index (κ1) is 18.4. The standard InChI is InChI=1S/C10H13BrN5O8P/c11-9-13-3-6(14-10(12)15-7(3)19)16(9)8-5(18)4(17)2(24-8)1-23-25(20,21)22/h2,4-5,8,17-18H,1H2,(H2,20,21,22)(H3,12,14,15,19)/t2-,4+,5+,8-/m1/s1. The molecule has 25 heavy (non-hydrogen) atoms. The van der Waals surface area contributed by atoms with Gasteiger partial charge in [-0.05, 0) is 15.9 Å². The summed E-state index contributed by atoms with van der Waals surface area (Å²) in [5, 5.41) is 20.2. The van der Waals surface area contributed by atoms with Crippen molar-refractivity contribution in [2.24, 2.45) is 0 Å². The number of nitrogens with zero attached hydrogens (tertiary/aromatic N) is 3. The summed E-state index contributed by atoms with van der Waals surface area (Å²) in [5.74, 6) is -0.194. The molecule has 3 rings (SSSR count). The molecule has 4 atom stereocenters. The maximum absolute atomic E-state index is 11.9. The van der Waals surface area contributed by atoms with Crippen LogP contribution in [0.15, 0.2) is 9.53 Å². The van der Waals surface area contributed by atoms with E-state index in [-0.39, 0.29) is 21.8 Å². The molecular formula is C10H13BrN5O8P. The number of anilines is 1. The predicted molar refractivity (Wildman–Crippen MR) is 84.2 cm³/mol. The summed E-state index contributed by atoms with van der Waals surface area (Å²) < 4.78 is 21.8. The molecule has 0 amide bonds. The van der Waals surface area contributed by atoms with Crippen molar-refractivity contribution in [1.82, 2.24) is 19.5 Å². The van der Waals surface area contributed by atoms with Crippen molar-refractivity contribution in [2.45, 2.75) is 24.5 Å². The summed E-state index contributed by atoms with van der Waals surface area (Å²) in [4.78, 5) is 39.5. The number of fused-ring (bicyclic) bond motifs is 1. The zero-order valence-electron chi connectivity index (χ0n) is 12.2. The second kappa shape index (κ2) is 6.41. The van der Waals surface area contributed by atoms with Crippen LogP contribution >= 0.6 is 23.8 Å². The molecule has 1 aliphatic rings. The number of rotatable bonds is 4. The summed E-state index contributed by atoms with van der Waals surface area (Å²) in [6.45, 7) is -0.667. The number of hydrogen-bond donors (Lipinski definition) is 6. The molecule has 0 bridgehead atoms. The molecule has 3 heterocycles. The molecule has 0 unspecified atom stereocenters. The van der Waals surface area contributed by atoms with Crippen molar-refractivity contribution in [3.8, 4) is 0 Å². The zero-order valence-corrected chi connectivity index (χ0v) is 14.7. The minimum atomic E-state index is -4.78. The van der Waals surface area contributed by atoms with Gasteiger partial charge < -0.3 is 30.5 Å². The molecule has 138 valence electrons. The first-order valence-electron chi connectivity index (χ1n) is 6.73. The Labute approximate surface area is 146 Å². The van der Waals surface area contributed by atoms with Gasteiger partial charge in [0.05, 0.1) is 6.61 Å². The van der Waals surface area contributed by atoms with E-state index in [1.807, 2.05) is 0 Å². The molecule has 1 saturated heterocycles. The third kappa shape index (κ3) is 3.47. The molecular weight excluding hydrogens is 429 g/mol. The average molecular weight is 442 g/mol. The number of phosphoric ester groups is 1. The number of aromatic amines is 1. The van der Waals surface area contributed by atoms with Crippen LogP contribution in [0.5, 0.6) is 0 Å². The van der Waals surface area contributed by atoms with Crippen molar-refractivity contribution in [1.29, 1.82) is 0 Å². The second-order valence-electron chi connectivity index (χ2n) is 5.21. The van der Waals surface area contributed by atoms with E-state index in [0.29, 0.717) is 0 Å². The van der Waals surface area contributed by atoms with E-state index in [1.165, 1.54) is 4.57 Å². The summed E-state index contributed by atoms with van der Waals surface area (Å²) in [6, 6.07) is 0. The van der Waals surface area contributed by atoms with Gasteiger partial charge in [0.1, 0.15) is 18.3 Å². The Kier molecular flexibility index (Phi) is 4.72. The minimum absolute atomic E-state index is 0.0130. The van der Waals surface area contributed by atoms with E-state index in [1.54, 1.807) is 0 Å². The first-order chi connectivity index (χ1) is 11.6. The van der Waals surface area contributed by atoms with Crippen molar-refractivity contribution < 1.29 is 33.8 Å².